The fourth-order valence-electron chi connectivity index (χ4n) is 4.80. The number of carbonyl (C=O) groups excluding carboxylic acids is 2. The normalized spacial score (nSPS) is 53.2. The van der Waals surface area contributed by atoms with E-state index in [1.54, 1.807) is 13.8 Å². The number of esters is 1. The highest BCUT2D eigenvalue weighted by Crippen LogP contribution is 2.68. The van der Waals surface area contributed by atoms with Gasteiger partial charge in [0, 0.05) is 0 Å². The van der Waals surface area contributed by atoms with E-state index in [0.29, 0.717) is 12.0 Å². The van der Waals surface area contributed by atoms with E-state index >= 15 is 0 Å². The first-order valence-corrected chi connectivity index (χ1v) is 7.18. The third-order valence-corrected chi connectivity index (χ3v) is 5.76. The van der Waals surface area contributed by atoms with Crippen molar-refractivity contribution in [2.45, 2.75) is 57.5 Å². The van der Waals surface area contributed by atoms with Gasteiger partial charge in [-0.05, 0) is 50.2 Å². The number of ketones is 1. The summed E-state index contributed by atoms with van der Waals surface area (Å²) in [7, 11) is 0. The molecule has 2 heterocycles. The molecule has 0 bridgehead atoms. The first kappa shape index (κ1) is 12.5. The quantitative estimate of drug-likeness (QED) is 0.408. The van der Waals surface area contributed by atoms with Gasteiger partial charge >= 0.3 is 5.97 Å². The SMILES string of the molecule is C[C@H]1CCCC2=C1[C@](C)(O)[C@]1(C(=O)O[C@@H]3O[C@@]31C)C2=O. The maximum Gasteiger partial charge on any atom is 0.329 e. The zero-order chi connectivity index (χ0) is 14.5. The first-order valence-electron chi connectivity index (χ1n) is 7.18. The Morgan fingerprint density at radius 2 is 2.00 bits per heavy atom. The van der Waals surface area contributed by atoms with Crippen LogP contribution in [0.5, 0.6) is 0 Å². The number of Topliss-reactive ketones (excluding diaryl/α,β-unsaturated/α-hetero) is 1. The van der Waals surface area contributed by atoms with Gasteiger partial charge in [-0.15, -0.1) is 0 Å². The van der Waals surface area contributed by atoms with Crippen molar-refractivity contribution in [1.82, 2.24) is 0 Å². The molecular formula is C15H18O5. The van der Waals surface area contributed by atoms with Crippen molar-refractivity contribution in [1.29, 1.82) is 0 Å². The molecule has 5 nitrogen and oxygen atoms in total. The molecule has 2 aliphatic carbocycles. The summed E-state index contributed by atoms with van der Waals surface area (Å²) in [6, 6.07) is 0. The molecule has 2 aliphatic heterocycles. The lowest BCUT2D eigenvalue weighted by molar-refractivity contribution is -0.177. The molecule has 0 aromatic heterocycles. The number of carbonyl (C=O) groups is 2. The van der Waals surface area contributed by atoms with Crippen molar-refractivity contribution in [3.8, 4) is 0 Å². The topological polar surface area (TPSA) is 76.1 Å². The van der Waals surface area contributed by atoms with Crippen molar-refractivity contribution in [3.05, 3.63) is 11.1 Å². The van der Waals surface area contributed by atoms with Crippen LogP contribution in [0.25, 0.3) is 0 Å². The predicted octanol–water partition coefficient (Wildman–Crippen LogP) is 1.09. The lowest BCUT2D eigenvalue weighted by Gasteiger charge is -2.39. The Kier molecular flexibility index (Phi) is 1.99. The van der Waals surface area contributed by atoms with E-state index in [1.807, 2.05) is 6.92 Å². The number of hydrogen-bond donors (Lipinski definition) is 1. The molecule has 0 aromatic rings. The molecule has 2 saturated heterocycles. The zero-order valence-electron chi connectivity index (χ0n) is 11.9. The maximum atomic E-state index is 13.0. The van der Waals surface area contributed by atoms with Crippen LogP contribution in [-0.4, -0.2) is 34.4 Å². The van der Waals surface area contributed by atoms with Crippen LogP contribution in [0.3, 0.4) is 0 Å². The van der Waals surface area contributed by atoms with Crippen LogP contribution in [-0.2, 0) is 19.1 Å². The molecular weight excluding hydrogens is 260 g/mol. The van der Waals surface area contributed by atoms with Crippen molar-refractivity contribution < 1.29 is 24.2 Å². The number of hydrogen-bond acceptors (Lipinski definition) is 5. The summed E-state index contributed by atoms with van der Waals surface area (Å²) in [5, 5.41) is 11.2. The number of rotatable bonds is 0. The minimum atomic E-state index is -1.60. The van der Waals surface area contributed by atoms with Gasteiger partial charge in [0.25, 0.3) is 0 Å². The molecule has 4 rings (SSSR count). The van der Waals surface area contributed by atoms with Crippen molar-refractivity contribution in [3.63, 3.8) is 0 Å². The molecule has 5 atom stereocenters. The largest absolute Gasteiger partial charge is 0.432 e. The van der Waals surface area contributed by atoms with E-state index in [-0.39, 0.29) is 11.7 Å². The second-order valence-corrected chi connectivity index (χ2v) is 6.80. The molecule has 0 unspecified atom stereocenters. The van der Waals surface area contributed by atoms with Gasteiger partial charge in [0.1, 0.15) is 5.60 Å². The summed E-state index contributed by atoms with van der Waals surface area (Å²) in [6.45, 7) is 5.27. The van der Waals surface area contributed by atoms with Crippen LogP contribution in [0, 0.1) is 11.3 Å². The number of allylic oxidation sites excluding steroid dienone is 1. The highest BCUT2D eigenvalue weighted by molar-refractivity contribution is 6.19. The van der Waals surface area contributed by atoms with Crippen molar-refractivity contribution >= 4 is 11.8 Å². The summed E-state index contributed by atoms with van der Waals surface area (Å²) in [6.07, 6.45) is 1.77. The monoisotopic (exact) mass is 278 g/mol. The standard InChI is InChI=1S/C15H18O5/c1-7-5-4-6-8-9(7)13(2,18)15(10(8)16)11(17)19-12-14(15,3)20-12/h7,12,18H,4-6H2,1-3H3/t7-,12+,13-,14-,15+/m0/s1. The minimum Gasteiger partial charge on any atom is -0.432 e. The second-order valence-electron chi connectivity index (χ2n) is 6.80. The van der Waals surface area contributed by atoms with Gasteiger partial charge in [-0.2, -0.15) is 0 Å². The Bertz CT molecular complexity index is 589. The summed E-state index contributed by atoms with van der Waals surface area (Å²) in [4.78, 5) is 25.4. The number of aliphatic hydroxyl groups is 1. The van der Waals surface area contributed by atoms with Gasteiger partial charge in [-0.1, -0.05) is 6.92 Å². The number of fused-ring (bicyclic) bond motifs is 2. The van der Waals surface area contributed by atoms with Gasteiger partial charge in [0.15, 0.2) is 16.8 Å². The Morgan fingerprint density at radius 1 is 1.30 bits per heavy atom. The van der Waals surface area contributed by atoms with Crippen LogP contribution in [0.2, 0.25) is 0 Å². The van der Waals surface area contributed by atoms with Crippen LogP contribution < -0.4 is 0 Å². The lowest BCUT2D eigenvalue weighted by Crippen LogP contribution is -2.59. The molecule has 0 saturated carbocycles. The Hall–Kier alpha value is -1.20. The third kappa shape index (κ3) is 0.969. The maximum absolute atomic E-state index is 13.0. The summed E-state index contributed by atoms with van der Waals surface area (Å²) >= 11 is 0. The average molecular weight is 278 g/mol. The molecule has 1 spiro atoms. The van der Waals surface area contributed by atoms with Gasteiger partial charge in [-0.25, -0.2) is 0 Å². The van der Waals surface area contributed by atoms with Crippen LogP contribution in [0.4, 0.5) is 0 Å². The number of epoxide rings is 1. The summed E-state index contributed by atoms with van der Waals surface area (Å²) < 4.78 is 10.6. The highest BCUT2D eigenvalue weighted by Gasteiger charge is 2.88. The smallest absolute Gasteiger partial charge is 0.329 e. The van der Waals surface area contributed by atoms with Crippen LogP contribution in [0.1, 0.15) is 40.0 Å². The summed E-state index contributed by atoms with van der Waals surface area (Å²) in [5.74, 6) is -0.810. The molecule has 108 valence electrons. The van der Waals surface area contributed by atoms with Gasteiger partial charge in [0.05, 0.1) is 0 Å². The first-order chi connectivity index (χ1) is 9.28. The zero-order valence-corrected chi connectivity index (χ0v) is 11.9. The molecule has 2 fully saturated rings. The molecule has 0 amide bonds. The fraction of sp³-hybridized carbons (Fsp3) is 0.733. The van der Waals surface area contributed by atoms with Crippen molar-refractivity contribution in [2.75, 3.05) is 0 Å². The van der Waals surface area contributed by atoms with E-state index in [9.17, 15) is 14.7 Å². The van der Waals surface area contributed by atoms with Gasteiger partial charge < -0.3 is 14.6 Å². The van der Waals surface area contributed by atoms with Crippen molar-refractivity contribution in [2.24, 2.45) is 11.3 Å². The Labute approximate surface area is 116 Å². The predicted molar refractivity (Wildman–Crippen MR) is 67.5 cm³/mol. The van der Waals surface area contributed by atoms with E-state index in [1.165, 1.54) is 0 Å². The number of ether oxygens (including phenoxy) is 2. The molecule has 20 heavy (non-hydrogen) atoms. The van der Waals surface area contributed by atoms with E-state index < -0.39 is 28.9 Å². The van der Waals surface area contributed by atoms with Gasteiger partial charge in [0.2, 0.25) is 6.29 Å². The third-order valence-electron chi connectivity index (χ3n) is 5.76. The van der Waals surface area contributed by atoms with E-state index in [4.69, 9.17) is 9.47 Å². The fourth-order valence-corrected chi connectivity index (χ4v) is 4.80. The minimum absolute atomic E-state index is 0.103. The van der Waals surface area contributed by atoms with Crippen LogP contribution >= 0.6 is 0 Å². The lowest BCUT2D eigenvalue weighted by atomic mass is 9.63. The highest BCUT2D eigenvalue weighted by atomic mass is 16.8. The molecule has 0 aromatic carbocycles. The van der Waals surface area contributed by atoms with Crippen LogP contribution in [0.15, 0.2) is 11.1 Å². The molecule has 1 N–H and O–H groups in total. The van der Waals surface area contributed by atoms with Gasteiger partial charge in [-0.3, -0.25) is 9.59 Å². The summed E-state index contributed by atoms with van der Waals surface area (Å²) in [5.41, 5.74) is -2.79. The average Bonchev–Trinajstić information content (AvgIpc) is 2.86. The Morgan fingerprint density at radius 3 is 2.55 bits per heavy atom. The molecule has 0 radical (unpaired) electrons. The molecule has 4 aliphatic rings. The second kappa shape index (κ2) is 3.17. The van der Waals surface area contributed by atoms with E-state index in [0.717, 1.165) is 18.4 Å². The molecule has 5 heteroatoms. The Balaban J connectivity index is 1.97. The van der Waals surface area contributed by atoms with E-state index in [2.05, 4.69) is 0 Å².